The van der Waals surface area contributed by atoms with Gasteiger partial charge in [0.05, 0.1) is 12.2 Å². The highest BCUT2D eigenvalue weighted by Gasteiger charge is 2.35. The molecule has 1 aliphatic heterocycles. The second-order valence-corrected chi connectivity index (χ2v) is 10.9. The van der Waals surface area contributed by atoms with E-state index in [1.807, 2.05) is 62.4 Å². The van der Waals surface area contributed by atoms with E-state index in [4.69, 9.17) is 31.2 Å². The van der Waals surface area contributed by atoms with Crippen LogP contribution in [0.4, 0.5) is 5.95 Å². The van der Waals surface area contributed by atoms with E-state index in [1.165, 1.54) is 17.3 Å². The van der Waals surface area contributed by atoms with Gasteiger partial charge in [-0.15, -0.1) is 5.10 Å². The highest BCUT2D eigenvalue weighted by atomic mass is 35.5. The fraction of sp³-hybridized carbons (Fsp3) is 0.258. The second kappa shape index (κ2) is 12.6. The number of esters is 1. The molecule has 2 heterocycles. The third kappa shape index (κ3) is 6.35. The first-order chi connectivity index (χ1) is 19.4. The van der Waals surface area contributed by atoms with Gasteiger partial charge < -0.3 is 14.8 Å². The van der Waals surface area contributed by atoms with Crippen molar-refractivity contribution >= 4 is 35.3 Å². The lowest BCUT2D eigenvalue weighted by atomic mass is 9.95. The Morgan fingerprint density at radius 3 is 2.65 bits per heavy atom. The van der Waals surface area contributed by atoms with E-state index in [-0.39, 0.29) is 5.97 Å². The number of hydrogen-bond donors (Lipinski definition) is 1. The zero-order chi connectivity index (χ0) is 28.1. The molecule has 0 spiro atoms. The lowest BCUT2D eigenvalue weighted by Gasteiger charge is -2.28. The van der Waals surface area contributed by atoms with Crippen LogP contribution in [0.2, 0.25) is 5.02 Å². The molecule has 206 valence electrons. The maximum Gasteiger partial charge on any atom is 0.338 e. The van der Waals surface area contributed by atoms with E-state index >= 15 is 0 Å². The molecule has 0 radical (unpaired) electrons. The SMILES string of the molecule is CCCOC(=O)C1=C(C)Nc2nc(SCc3ccccc3Cl)nn2C1c1cccc(OCc2ccc(C)cc2)c1. The molecule has 40 heavy (non-hydrogen) atoms. The third-order valence-corrected chi connectivity index (χ3v) is 7.76. The number of allylic oxidation sites excluding steroid dienone is 1. The third-order valence-electron chi connectivity index (χ3n) is 6.50. The summed E-state index contributed by atoms with van der Waals surface area (Å²) in [6.45, 7) is 6.67. The van der Waals surface area contributed by atoms with Crippen LogP contribution in [0.1, 0.15) is 48.6 Å². The maximum atomic E-state index is 13.3. The molecule has 1 aliphatic rings. The van der Waals surface area contributed by atoms with E-state index in [1.54, 1.807) is 4.68 Å². The van der Waals surface area contributed by atoms with Gasteiger partial charge in [-0.25, -0.2) is 9.48 Å². The number of rotatable bonds is 10. The number of aryl methyl sites for hydroxylation is 1. The minimum absolute atomic E-state index is 0.338. The van der Waals surface area contributed by atoms with Gasteiger partial charge in [-0.1, -0.05) is 90.4 Å². The lowest BCUT2D eigenvalue weighted by molar-refractivity contribution is -0.139. The Kier molecular flexibility index (Phi) is 8.77. The number of benzene rings is 3. The van der Waals surface area contributed by atoms with Crippen molar-refractivity contribution < 1.29 is 14.3 Å². The summed E-state index contributed by atoms with van der Waals surface area (Å²) in [5.74, 6) is 1.50. The highest BCUT2D eigenvalue weighted by Crippen LogP contribution is 2.38. The van der Waals surface area contributed by atoms with Crippen LogP contribution in [0.15, 0.2) is 89.2 Å². The van der Waals surface area contributed by atoms with E-state index < -0.39 is 6.04 Å². The number of ether oxygens (including phenoxy) is 2. The van der Waals surface area contributed by atoms with Crippen molar-refractivity contribution in [3.63, 3.8) is 0 Å². The Hall–Kier alpha value is -3.75. The molecule has 0 bridgehead atoms. The molecule has 0 saturated carbocycles. The average Bonchev–Trinajstić information content (AvgIpc) is 3.37. The average molecular weight is 575 g/mol. The molecule has 0 aliphatic carbocycles. The van der Waals surface area contributed by atoms with Crippen LogP contribution >= 0.6 is 23.4 Å². The maximum absolute atomic E-state index is 13.3. The summed E-state index contributed by atoms with van der Waals surface area (Å²) in [4.78, 5) is 18.0. The fourth-order valence-corrected chi connectivity index (χ4v) is 5.54. The van der Waals surface area contributed by atoms with Crippen LogP contribution < -0.4 is 10.1 Å². The molecule has 3 aromatic carbocycles. The van der Waals surface area contributed by atoms with Crippen LogP contribution in [0, 0.1) is 6.92 Å². The minimum atomic E-state index is -0.536. The number of carbonyl (C=O) groups is 1. The molecule has 9 heteroatoms. The number of nitrogens with one attached hydrogen (secondary N) is 1. The molecule has 1 unspecified atom stereocenters. The molecule has 1 aromatic heterocycles. The van der Waals surface area contributed by atoms with Crippen molar-refractivity contribution in [2.45, 2.75) is 50.8 Å². The summed E-state index contributed by atoms with van der Waals surface area (Å²) in [5.41, 5.74) is 5.30. The molecule has 0 saturated heterocycles. The van der Waals surface area contributed by atoms with E-state index in [9.17, 15) is 4.79 Å². The molecular formula is C31H31ClN4O3S. The zero-order valence-electron chi connectivity index (χ0n) is 22.7. The van der Waals surface area contributed by atoms with Gasteiger partial charge in [0.2, 0.25) is 11.1 Å². The second-order valence-electron chi connectivity index (χ2n) is 9.59. The van der Waals surface area contributed by atoms with Crippen molar-refractivity contribution in [2.24, 2.45) is 0 Å². The Morgan fingerprint density at radius 1 is 1.07 bits per heavy atom. The summed E-state index contributed by atoms with van der Waals surface area (Å²) in [6, 6.07) is 23.2. The molecular weight excluding hydrogens is 544 g/mol. The number of fused-ring (bicyclic) bond motifs is 1. The Balaban J connectivity index is 1.45. The van der Waals surface area contributed by atoms with Gasteiger partial charge in [-0.05, 0) is 55.2 Å². The van der Waals surface area contributed by atoms with Crippen LogP contribution in [-0.2, 0) is 21.9 Å². The monoisotopic (exact) mass is 574 g/mol. The topological polar surface area (TPSA) is 78.3 Å². The van der Waals surface area contributed by atoms with Crippen LogP contribution in [0.25, 0.3) is 0 Å². The number of thioether (sulfide) groups is 1. The quantitative estimate of drug-likeness (QED) is 0.157. The standard InChI is InChI=1S/C31H31ClN4O3S/c1-4-16-38-29(37)27-21(3)33-30-34-31(40-19-24-8-5-6-11-26(24)32)35-36(30)28(27)23-9-7-10-25(17-23)39-18-22-14-12-20(2)13-15-22/h5-15,17,28H,4,16,18-19H2,1-3H3,(H,33,34,35). The molecule has 5 rings (SSSR count). The van der Waals surface area contributed by atoms with E-state index in [0.717, 1.165) is 23.1 Å². The normalized spacial score (nSPS) is 14.4. The number of halogens is 1. The van der Waals surface area contributed by atoms with Crippen molar-refractivity contribution in [1.82, 2.24) is 14.8 Å². The van der Waals surface area contributed by atoms with Gasteiger partial charge in [0, 0.05) is 16.5 Å². The summed E-state index contributed by atoms with van der Waals surface area (Å²) < 4.78 is 13.5. The van der Waals surface area contributed by atoms with Gasteiger partial charge in [-0.3, -0.25) is 0 Å². The number of anilines is 1. The number of carbonyl (C=O) groups excluding carboxylic acids is 1. The van der Waals surface area contributed by atoms with Crippen molar-refractivity contribution in [2.75, 3.05) is 11.9 Å². The van der Waals surface area contributed by atoms with Gasteiger partial charge in [-0.2, -0.15) is 4.98 Å². The van der Waals surface area contributed by atoms with Gasteiger partial charge >= 0.3 is 5.97 Å². The molecule has 0 amide bonds. The first-order valence-corrected chi connectivity index (χ1v) is 14.5. The smallest absolute Gasteiger partial charge is 0.338 e. The van der Waals surface area contributed by atoms with Crippen molar-refractivity contribution in [1.29, 1.82) is 0 Å². The Bertz CT molecular complexity index is 1530. The predicted molar refractivity (Wildman–Crippen MR) is 159 cm³/mol. The van der Waals surface area contributed by atoms with Gasteiger partial charge in [0.1, 0.15) is 18.4 Å². The highest BCUT2D eigenvalue weighted by molar-refractivity contribution is 7.98. The Labute approximate surface area is 243 Å². The molecule has 0 fully saturated rings. The first kappa shape index (κ1) is 27.8. The van der Waals surface area contributed by atoms with Crippen molar-refractivity contribution in [3.8, 4) is 5.75 Å². The van der Waals surface area contributed by atoms with Crippen LogP contribution in [0.3, 0.4) is 0 Å². The summed E-state index contributed by atoms with van der Waals surface area (Å²) in [7, 11) is 0. The molecule has 4 aromatic rings. The minimum Gasteiger partial charge on any atom is -0.489 e. The summed E-state index contributed by atoms with van der Waals surface area (Å²) >= 11 is 7.84. The van der Waals surface area contributed by atoms with Crippen LogP contribution in [-0.4, -0.2) is 27.3 Å². The summed E-state index contributed by atoms with van der Waals surface area (Å²) in [6.07, 6.45) is 0.732. The number of hydrogen-bond acceptors (Lipinski definition) is 7. The fourth-order valence-electron chi connectivity index (χ4n) is 4.42. The lowest BCUT2D eigenvalue weighted by Crippen LogP contribution is -2.29. The van der Waals surface area contributed by atoms with Crippen LogP contribution in [0.5, 0.6) is 5.75 Å². The van der Waals surface area contributed by atoms with E-state index in [0.29, 0.717) is 52.1 Å². The number of aromatic nitrogens is 3. The molecule has 1 N–H and O–H groups in total. The zero-order valence-corrected chi connectivity index (χ0v) is 24.3. The predicted octanol–water partition coefficient (Wildman–Crippen LogP) is 7.35. The van der Waals surface area contributed by atoms with Gasteiger partial charge in [0.25, 0.3) is 0 Å². The largest absolute Gasteiger partial charge is 0.489 e. The number of nitrogens with zero attached hydrogens (tertiary/aromatic N) is 3. The van der Waals surface area contributed by atoms with Gasteiger partial charge in [0.15, 0.2) is 0 Å². The molecule has 1 atom stereocenters. The van der Waals surface area contributed by atoms with E-state index in [2.05, 4.69) is 36.5 Å². The van der Waals surface area contributed by atoms with Crippen molar-refractivity contribution in [3.05, 3.63) is 111 Å². The Morgan fingerprint density at radius 2 is 1.88 bits per heavy atom. The summed E-state index contributed by atoms with van der Waals surface area (Å²) in [5, 5.41) is 9.36. The first-order valence-electron chi connectivity index (χ1n) is 13.2. The molecule has 7 nitrogen and oxygen atoms in total.